The normalized spacial score (nSPS) is 18.7. The number of hydrogen-bond acceptors (Lipinski definition) is 3. The number of urea groups is 1. The van der Waals surface area contributed by atoms with Crippen LogP contribution in [-0.4, -0.2) is 30.8 Å². The highest BCUT2D eigenvalue weighted by atomic mass is 35.5. The number of rotatable bonds is 2. The van der Waals surface area contributed by atoms with Crippen LogP contribution in [0, 0.1) is 0 Å². The first-order chi connectivity index (χ1) is 11.7. The van der Waals surface area contributed by atoms with E-state index in [0.29, 0.717) is 23.2 Å². The van der Waals surface area contributed by atoms with Crippen LogP contribution in [0.2, 0.25) is 5.02 Å². The zero-order valence-electron chi connectivity index (χ0n) is 13.0. The van der Waals surface area contributed by atoms with Gasteiger partial charge in [0.05, 0.1) is 10.7 Å². The van der Waals surface area contributed by atoms with Crippen molar-refractivity contribution >= 4 is 23.3 Å². The molecule has 1 unspecified atom stereocenters. The van der Waals surface area contributed by atoms with E-state index in [1.807, 2.05) is 35.2 Å². The lowest BCUT2D eigenvalue weighted by atomic mass is 9.98. The van der Waals surface area contributed by atoms with Crippen LogP contribution in [0.15, 0.2) is 42.5 Å². The van der Waals surface area contributed by atoms with E-state index in [2.05, 4.69) is 5.32 Å². The number of ether oxygens (including phenoxy) is 2. The lowest BCUT2D eigenvalue weighted by Gasteiger charge is -2.18. The Kier molecular flexibility index (Phi) is 3.94. The SMILES string of the molecule is O=C(Nc1ccccc1Cl)N1CCC(c2ccc3c(c2)OCO3)C1. The molecule has 5 nitrogen and oxygen atoms in total. The Morgan fingerprint density at radius 2 is 2.00 bits per heavy atom. The number of anilines is 1. The van der Waals surface area contributed by atoms with Gasteiger partial charge in [0.15, 0.2) is 11.5 Å². The molecule has 1 atom stereocenters. The Morgan fingerprint density at radius 3 is 2.88 bits per heavy atom. The summed E-state index contributed by atoms with van der Waals surface area (Å²) in [5.74, 6) is 1.87. The van der Waals surface area contributed by atoms with Gasteiger partial charge >= 0.3 is 6.03 Å². The summed E-state index contributed by atoms with van der Waals surface area (Å²) >= 11 is 6.09. The van der Waals surface area contributed by atoms with Crippen molar-refractivity contribution in [2.75, 3.05) is 25.2 Å². The minimum Gasteiger partial charge on any atom is -0.454 e. The van der Waals surface area contributed by atoms with Crippen LogP contribution in [0.25, 0.3) is 0 Å². The first kappa shape index (κ1) is 15.1. The predicted octanol–water partition coefficient (Wildman–Crippen LogP) is 4.09. The van der Waals surface area contributed by atoms with Crippen LogP contribution in [0.4, 0.5) is 10.5 Å². The minimum absolute atomic E-state index is 0.119. The molecule has 0 radical (unpaired) electrons. The zero-order chi connectivity index (χ0) is 16.5. The Labute approximate surface area is 145 Å². The van der Waals surface area contributed by atoms with Gasteiger partial charge in [0.1, 0.15) is 0 Å². The van der Waals surface area contributed by atoms with Gasteiger partial charge in [-0.2, -0.15) is 0 Å². The Hall–Kier alpha value is -2.40. The molecule has 124 valence electrons. The monoisotopic (exact) mass is 344 g/mol. The van der Waals surface area contributed by atoms with Gasteiger partial charge in [-0.3, -0.25) is 0 Å². The minimum atomic E-state index is -0.119. The van der Waals surface area contributed by atoms with Gasteiger partial charge < -0.3 is 19.7 Å². The van der Waals surface area contributed by atoms with Crippen molar-refractivity contribution in [1.82, 2.24) is 4.90 Å². The van der Waals surface area contributed by atoms with Crippen molar-refractivity contribution in [1.29, 1.82) is 0 Å². The van der Waals surface area contributed by atoms with Gasteiger partial charge in [-0.05, 0) is 36.2 Å². The van der Waals surface area contributed by atoms with E-state index in [4.69, 9.17) is 21.1 Å². The maximum absolute atomic E-state index is 12.4. The van der Waals surface area contributed by atoms with E-state index in [-0.39, 0.29) is 12.8 Å². The summed E-state index contributed by atoms with van der Waals surface area (Å²) in [7, 11) is 0. The molecule has 2 aliphatic rings. The molecule has 1 N–H and O–H groups in total. The van der Waals surface area contributed by atoms with Crippen molar-refractivity contribution in [2.45, 2.75) is 12.3 Å². The molecule has 24 heavy (non-hydrogen) atoms. The molecule has 2 aromatic rings. The first-order valence-electron chi connectivity index (χ1n) is 7.91. The molecule has 0 aliphatic carbocycles. The second kappa shape index (κ2) is 6.24. The second-order valence-corrected chi connectivity index (χ2v) is 6.36. The summed E-state index contributed by atoms with van der Waals surface area (Å²) in [6.07, 6.45) is 0.926. The summed E-state index contributed by atoms with van der Waals surface area (Å²) < 4.78 is 10.8. The number of para-hydroxylation sites is 1. The van der Waals surface area contributed by atoms with Crippen molar-refractivity contribution < 1.29 is 14.3 Å². The summed E-state index contributed by atoms with van der Waals surface area (Å²) in [5.41, 5.74) is 1.81. The molecule has 0 saturated carbocycles. The third kappa shape index (κ3) is 2.87. The molecule has 2 heterocycles. The van der Waals surface area contributed by atoms with Crippen molar-refractivity contribution in [3.8, 4) is 11.5 Å². The molecule has 2 aromatic carbocycles. The van der Waals surface area contributed by atoms with Gasteiger partial charge in [0, 0.05) is 19.0 Å². The highest BCUT2D eigenvalue weighted by Gasteiger charge is 2.28. The van der Waals surface area contributed by atoms with E-state index in [1.165, 1.54) is 5.56 Å². The molecule has 0 aromatic heterocycles. The first-order valence-corrected chi connectivity index (χ1v) is 8.28. The zero-order valence-corrected chi connectivity index (χ0v) is 13.8. The quantitative estimate of drug-likeness (QED) is 0.892. The standard InChI is InChI=1S/C18H17ClN2O3/c19-14-3-1-2-4-15(14)20-18(22)21-8-7-13(10-21)12-5-6-16-17(9-12)24-11-23-16/h1-6,9,13H,7-8,10-11H2,(H,20,22). The number of benzene rings is 2. The number of carbonyl (C=O) groups is 1. The molecule has 1 fully saturated rings. The highest BCUT2D eigenvalue weighted by molar-refractivity contribution is 6.33. The van der Waals surface area contributed by atoms with Crippen molar-refractivity contribution in [2.24, 2.45) is 0 Å². The number of nitrogens with one attached hydrogen (secondary N) is 1. The molecule has 1 saturated heterocycles. The summed E-state index contributed by atoms with van der Waals surface area (Å²) in [6.45, 7) is 1.67. The topological polar surface area (TPSA) is 50.8 Å². The molecule has 2 amide bonds. The number of carbonyl (C=O) groups excluding carboxylic acids is 1. The Bertz CT molecular complexity index is 781. The average molecular weight is 345 g/mol. The van der Waals surface area contributed by atoms with Crippen LogP contribution in [0.3, 0.4) is 0 Å². The fourth-order valence-electron chi connectivity index (χ4n) is 3.14. The van der Waals surface area contributed by atoms with Crippen LogP contribution >= 0.6 is 11.6 Å². The lowest BCUT2D eigenvalue weighted by Crippen LogP contribution is -2.32. The molecule has 4 rings (SSSR count). The predicted molar refractivity (Wildman–Crippen MR) is 92.0 cm³/mol. The molecule has 0 bridgehead atoms. The smallest absolute Gasteiger partial charge is 0.321 e. The molecule has 0 spiro atoms. The average Bonchev–Trinajstić information content (AvgIpc) is 3.25. The van der Waals surface area contributed by atoms with Gasteiger partial charge in [-0.25, -0.2) is 4.79 Å². The number of nitrogens with zero attached hydrogens (tertiary/aromatic N) is 1. The maximum Gasteiger partial charge on any atom is 0.321 e. The van der Waals surface area contributed by atoms with E-state index < -0.39 is 0 Å². The number of amides is 2. The molecular formula is C18H17ClN2O3. The van der Waals surface area contributed by atoms with Gasteiger partial charge in [0.25, 0.3) is 0 Å². The Balaban J connectivity index is 1.43. The molecule has 2 aliphatic heterocycles. The van der Waals surface area contributed by atoms with Crippen molar-refractivity contribution in [3.63, 3.8) is 0 Å². The third-order valence-electron chi connectivity index (χ3n) is 4.46. The van der Waals surface area contributed by atoms with Gasteiger partial charge in [0.2, 0.25) is 6.79 Å². The highest BCUT2D eigenvalue weighted by Crippen LogP contribution is 2.37. The van der Waals surface area contributed by atoms with E-state index in [9.17, 15) is 4.79 Å². The maximum atomic E-state index is 12.4. The van der Waals surface area contributed by atoms with Crippen LogP contribution in [-0.2, 0) is 0 Å². The summed E-state index contributed by atoms with van der Waals surface area (Å²) in [4.78, 5) is 14.3. The van der Waals surface area contributed by atoms with Crippen LogP contribution < -0.4 is 14.8 Å². The molecule has 6 heteroatoms. The number of hydrogen-bond donors (Lipinski definition) is 1. The summed E-state index contributed by atoms with van der Waals surface area (Å²) in [6, 6.07) is 13.1. The largest absolute Gasteiger partial charge is 0.454 e. The lowest BCUT2D eigenvalue weighted by molar-refractivity contribution is 0.174. The van der Waals surface area contributed by atoms with Gasteiger partial charge in [-0.15, -0.1) is 0 Å². The van der Waals surface area contributed by atoms with Crippen LogP contribution in [0.5, 0.6) is 11.5 Å². The van der Waals surface area contributed by atoms with Crippen LogP contribution in [0.1, 0.15) is 17.9 Å². The molecular weight excluding hydrogens is 328 g/mol. The third-order valence-corrected chi connectivity index (χ3v) is 4.79. The van der Waals surface area contributed by atoms with E-state index >= 15 is 0 Å². The fourth-order valence-corrected chi connectivity index (χ4v) is 3.32. The van der Waals surface area contributed by atoms with E-state index in [0.717, 1.165) is 24.5 Å². The number of halogens is 1. The number of likely N-dealkylation sites (tertiary alicyclic amines) is 1. The summed E-state index contributed by atoms with van der Waals surface area (Å²) in [5, 5.41) is 3.42. The van der Waals surface area contributed by atoms with E-state index in [1.54, 1.807) is 12.1 Å². The fraction of sp³-hybridized carbons (Fsp3) is 0.278. The van der Waals surface area contributed by atoms with Crippen molar-refractivity contribution in [3.05, 3.63) is 53.1 Å². The van der Waals surface area contributed by atoms with Gasteiger partial charge in [-0.1, -0.05) is 29.8 Å². The Morgan fingerprint density at radius 1 is 1.17 bits per heavy atom. The number of fused-ring (bicyclic) bond motifs is 1. The second-order valence-electron chi connectivity index (χ2n) is 5.95.